The van der Waals surface area contributed by atoms with Crippen LogP contribution >= 0.6 is 0 Å². The second-order valence-electron chi connectivity index (χ2n) is 8.80. The van der Waals surface area contributed by atoms with Crippen LogP contribution in [0.25, 0.3) is 0 Å². The van der Waals surface area contributed by atoms with Gasteiger partial charge in [0, 0.05) is 0 Å². The second-order valence-corrected chi connectivity index (χ2v) is 8.80. The van der Waals surface area contributed by atoms with Crippen LogP contribution in [0.2, 0.25) is 0 Å². The van der Waals surface area contributed by atoms with Gasteiger partial charge < -0.3 is 4.74 Å². The molecule has 0 aliphatic heterocycles. The lowest BCUT2D eigenvalue weighted by molar-refractivity contribution is 0.227. The van der Waals surface area contributed by atoms with Crippen LogP contribution in [0.5, 0.6) is 5.75 Å². The summed E-state index contributed by atoms with van der Waals surface area (Å²) in [6, 6.07) is 3.33. The van der Waals surface area contributed by atoms with Gasteiger partial charge in [-0.2, -0.15) is 4.39 Å². The summed E-state index contributed by atoms with van der Waals surface area (Å²) >= 11 is 0. The zero-order chi connectivity index (χ0) is 19.2. The van der Waals surface area contributed by atoms with Gasteiger partial charge in [-0.15, -0.1) is 0 Å². The van der Waals surface area contributed by atoms with Crippen LogP contribution in [-0.4, -0.2) is 6.61 Å². The Morgan fingerprint density at radius 2 is 1.33 bits per heavy atom. The third kappa shape index (κ3) is 5.23. The van der Waals surface area contributed by atoms with Gasteiger partial charge in [-0.25, -0.2) is 4.39 Å². The lowest BCUT2D eigenvalue weighted by Gasteiger charge is -2.32. The Morgan fingerprint density at radius 1 is 0.778 bits per heavy atom. The number of halogens is 2. The van der Waals surface area contributed by atoms with Crippen LogP contribution < -0.4 is 4.74 Å². The first-order chi connectivity index (χ1) is 13.1. The van der Waals surface area contributed by atoms with Gasteiger partial charge in [0.05, 0.1) is 6.61 Å². The third-order valence-electron chi connectivity index (χ3n) is 7.19. The summed E-state index contributed by atoms with van der Waals surface area (Å²) in [7, 11) is 0. The van der Waals surface area contributed by atoms with Crippen LogP contribution in [0.4, 0.5) is 8.78 Å². The van der Waals surface area contributed by atoms with Crippen molar-refractivity contribution in [2.75, 3.05) is 6.61 Å². The number of hydrogen-bond acceptors (Lipinski definition) is 1. The number of benzene rings is 1. The van der Waals surface area contributed by atoms with Crippen LogP contribution in [-0.2, 0) is 0 Å². The quantitative estimate of drug-likeness (QED) is 0.474. The van der Waals surface area contributed by atoms with Gasteiger partial charge in [0.15, 0.2) is 11.6 Å². The summed E-state index contributed by atoms with van der Waals surface area (Å²) in [6.45, 7) is 4.45. The molecule has 0 saturated heterocycles. The van der Waals surface area contributed by atoms with E-state index in [1.165, 1.54) is 44.9 Å². The molecule has 0 atom stereocenters. The Labute approximate surface area is 163 Å². The van der Waals surface area contributed by atoms with Gasteiger partial charge in [0.2, 0.25) is 5.82 Å². The fourth-order valence-corrected chi connectivity index (χ4v) is 5.29. The lowest BCUT2D eigenvalue weighted by Crippen LogP contribution is -2.18. The zero-order valence-corrected chi connectivity index (χ0v) is 17.1. The van der Waals surface area contributed by atoms with Crippen LogP contribution in [0, 0.1) is 29.4 Å². The molecule has 3 rings (SSSR count). The molecular weight excluding hydrogens is 342 g/mol. The first kappa shape index (κ1) is 20.6. The Kier molecular flexibility index (Phi) is 7.55. The Morgan fingerprint density at radius 3 is 1.89 bits per heavy atom. The molecule has 27 heavy (non-hydrogen) atoms. The smallest absolute Gasteiger partial charge is 0.200 e. The van der Waals surface area contributed by atoms with E-state index in [2.05, 4.69) is 6.92 Å². The second kappa shape index (κ2) is 9.89. The molecule has 0 unspecified atom stereocenters. The van der Waals surface area contributed by atoms with Gasteiger partial charge >= 0.3 is 0 Å². The highest BCUT2D eigenvalue weighted by molar-refractivity contribution is 5.33. The van der Waals surface area contributed by atoms with Crippen molar-refractivity contribution in [1.82, 2.24) is 0 Å². The first-order valence-corrected chi connectivity index (χ1v) is 11.2. The highest BCUT2D eigenvalue weighted by Crippen LogP contribution is 2.41. The maximum absolute atomic E-state index is 14.5. The topological polar surface area (TPSA) is 9.23 Å². The molecule has 0 bridgehead atoms. The standard InChI is InChI=1S/C24H36F2O/c1-3-17-5-7-18(8-6-17)9-10-19-11-13-20(14-12-19)21-15-16-22(27-4-2)24(26)23(21)25/h15-20H,3-14H2,1-2H3/t17-,18-,19?,20?. The van der Waals surface area contributed by atoms with Crippen molar-refractivity contribution in [2.45, 2.75) is 90.4 Å². The normalized spacial score (nSPS) is 28.9. The minimum atomic E-state index is -0.820. The molecule has 1 aromatic rings. The number of rotatable bonds is 7. The molecular formula is C24H36F2O. The van der Waals surface area contributed by atoms with Crippen molar-refractivity contribution >= 4 is 0 Å². The van der Waals surface area contributed by atoms with E-state index in [1.807, 2.05) is 0 Å². The van der Waals surface area contributed by atoms with E-state index >= 15 is 0 Å². The van der Waals surface area contributed by atoms with E-state index < -0.39 is 11.6 Å². The molecule has 2 fully saturated rings. The fraction of sp³-hybridized carbons (Fsp3) is 0.750. The van der Waals surface area contributed by atoms with E-state index in [9.17, 15) is 8.78 Å². The summed E-state index contributed by atoms with van der Waals surface area (Å²) in [5.41, 5.74) is 0.548. The number of hydrogen-bond donors (Lipinski definition) is 0. The minimum Gasteiger partial charge on any atom is -0.491 e. The van der Waals surface area contributed by atoms with Crippen molar-refractivity contribution in [3.63, 3.8) is 0 Å². The van der Waals surface area contributed by atoms with Crippen molar-refractivity contribution in [3.8, 4) is 5.75 Å². The molecule has 0 amide bonds. The Bertz CT molecular complexity index is 584. The molecule has 2 aliphatic carbocycles. The minimum absolute atomic E-state index is 0.0326. The predicted octanol–water partition coefficient (Wildman–Crippen LogP) is 7.63. The van der Waals surface area contributed by atoms with E-state index in [0.717, 1.165) is 43.4 Å². The molecule has 0 aromatic heterocycles. The molecule has 3 heteroatoms. The molecule has 1 nitrogen and oxygen atoms in total. The van der Waals surface area contributed by atoms with Gasteiger partial charge in [-0.05, 0) is 67.9 Å². The van der Waals surface area contributed by atoms with Crippen molar-refractivity contribution < 1.29 is 13.5 Å². The lowest BCUT2D eigenvalue weighted by atomic mass is 9.74. The van der Waals surface area contributed by atoms with Gasteiger partial charge in [0.1, 0.15) is 0 Å². The predicted molar refractivity (Wildman–Crippen MR) is 107 cm³/mol. The summed E-state index contributed by atoms with van der Waals surface area (Å²) in [6.07, 6.45) is 14.0. The van der Waals surface area contributed by atoms with E-state index in [4.69, 9.17) is 4.74 Å². The summed E-state index contributed by atoms with van der Waals surface area (Å²) in [5.74, 6) is 1.36. The van der Waals surface area contributed by atoms with Crippen LogP contribution in [0.3, 0.4) is 0 Å². The summed E-state index contributed by atoms with van der Waals surface area (Å²) in [5, 5.41) is 0. The largest absolute Gasteiger partial charge is 0.491 e. The Balaban J connectivity index is 1.46. The van der Waals surface area contributed by atoms with Crippen molar-refractivity contribution in [2.24, 2.45) is 17.8 Å². The zero-order valence-electron chi connectivity index (χ0n) is 17.1. The maximum atomic E-state index is 14.5. The molecule has 1 aromatic carbocycles. The molecule has 0 spiro atoms. The highest BCUT2D eigenvalue weighted by atomic mass is 19.2. The molecule has 152 valence electrons. The van der Waals surface area contributed by atoms with Gasteiger partial charge in [0.25, 0.3) is 0 Å². The summed E-state index contributed by atoms with van der Waals surface area (Å²) in [4.78, 5) is 0. The monoisotopic (exact) mass is 378 g/mol. The highest BCUT2D eigenvalue weighted by Gasteiger charge is 2.27. The molecule has 0 radical (unpaired) electrons. The van der Waals surface area contributed by atoms with Crippen molar-refractivity contribution in [3.05, 3.63) is 29.3 Å². The van der Waals surface area contributed by atoms with Gasteiger partial charge in [-0.1, -0.05) is 57.9 Å². The average molecular weight is 379 g/mol. The first-order valence-electron chi connectivity index (χ1n) is 11.2. The molecule has 0 N–H and O–H groups in total. The summed E-state index contributed by atoms with van der Waals surface area (Å²) < 4.78 is 33.8. The maximum Gasteiger partial charge on any atom is 0.200 e. The molecule has 2 saturated carbocycles. The van der Waals surface area contributed by atoms with Gasteiger partial charge in [-0.3, -0.25) is 0 Å². The van der Waals surface area contributed by atoms with Crippen molar-refractivity contribution in [1.29, 1.82) is 0 Å². The molecule has 0 heterocycles. The van der Waals surface area contributed by atoms with Crippen LogP contribution in [0.15, 0.2) is 12.1 Å². The van der Waals surface area contributed by atoms with E-state index in [1.54, 1.807) is 19.1 Å². The van der Waals surface area contributed by atoms with E-state index in [0.29, 0.717) is 12.2 Å². The molecule has 2 aliphatic rings. The average Bonchev–Trinajstić information content (AvgIpc) is 2.71. The SMILES string of the molecule is CCOc1ccc(C2CCC(CC[C@H]3CC[C@H](CC)CC3)CC2)c(F)c1F. The Hall–Kier alpha value is -1.12. The third-order valence-corrected chi connectivity index (χ3v) is 7.19. The van der Waals surface area contributed by atoms with Crippen LogP contribution in [0.1, 0.15) is 96.0 Å². The fourth-order valence-electron chi connectivity index (χ4n) is 5.29. The number of ether oxygens (including phenoxy) is 1. The van der Waals surface area contributed by atoms with E-state index in [-0.39, 0.29) is 11.7 Å².